The molecule has 0 spiro atoms. The average molecular weight is 318 g/mol. The van der Waals surface area contributed by atoms with Gasteiger partial charge in [0.2, 0.25) is 0 Å². The normalized spacial score (nSPS) is 25.0. The molecule has 118 valence electrons. The summed E-state index contributed by atoms with van der Waals surface area (Å²) in [5.74, 6) is -0.141. The lowest BCUT2D eigenvalue weighted by Crippen LogP contribution is -2.38. The van der Waals surface area contributed by atoms with E-state index in [0.717, 1.165) is 19.3 Å². The van der Waals surface area contributed by atoms with Gasteiger partial charge in [0, 0.05) is 6.42 Å². The summed E-state index contributed by atoms with van der Waals surface area (Å²) in [4.78, 5) is 12.8. The molecule has 0 aliphatic heterocycles. The van der Waals surface area contributed by atoms with Crippen molar-refractivity contribution in [3.8, 4) is 0 Å². The Morgan fingerprint density at radius 3 is 2.50 bits per heavy atom. The molecule has 0 bridgehead atoms. The van der Waals surface area contributed by atoms with Gasteiger partial charge in [-0.15, -0.1) is 0 Å². The van der Waals surface area contributed by atoms with E-state index in [1.165, 1.54) is 11.1 Å². The molecule has 0 amide bonds. The van der Waals surface area contributed by atoms with E-state index in [9.17, 15) is 13.2 Å². The Morgan fingerprint density at radius 2 is 1.82 bits per heavy atom. The van der Waals surface area contributed by atoms with E-state index in [4.69, 9.17) is 0 Å². The van der Waals surface area contributed by atoms with Crippen LogP contribution in [0.25, 0.3) is 0 Å². The summed E-state index contributed by atoms with van der Waals surface area (Å²) < 4.78 is 25.6. The first-order chi connectivity index (χ1) is 10.3. The minimum atomic E-state index is -3.58. The maximum Gasteiger partial charge on any atom is 0.188 e. The van der Waals surface area contributed by atoms with Crippen LogP contribution >= 0.6 is 0 Å². The van der Waals surface area contributed by atoms with E-state index in [1.54, 1.807) is 30.3 Å². The fourth-order valence-corrected chi connectivity index (χ4v) is 5.51. The lowest BCUT2D eigenvalue weighted by Gasteiger charge is -2.39. The first-order valence-electron chi connectivity index (χ1n) is 7.85. The van der Waals surface area contributed by atoms with E-state index in [0.29, 0.717) is 12.8 Å². The van der Waals surface area contributed by atoms with Crippen molar-refractivity contribution in [2.24, 2.45) is 5.41 Å². The van der Waals surface area contributed by atoms with Crippen LogP contribution in [0, 0.1) is 5.41 Å². The molecule has 0 heterocycles. The molecule has 2 aliphatic carbocycles. The minimum absolute atomic E-state index is 0.0325. The number of ketones is 1. The maximum absolute atomic E-state index is 12.8. The highest BCUT2D eigenvalue weighted by Crippen LogP contribution is 2.46. The molecule has 3 rings (SSSR count). The molecule has 4 heteroatoms. The zero-order valence-electron chi connectivity index (χ0n) is 13.1. The Hall–Kier alpha value is -1.42. The summed E-state index contributed by atoms with van der Waals surface area (Å²) >= 11 is 0. The second-order valence-corrected chi connectivity index (χ2v) is 9.14. The van der Waals surface area contributed by atoms with Crippen LogP contribution in [-0.2, 0) is 14.6 Å². The van der Waals surface area contributed by atoms with Crippen LogP contribution in [0.3, 0.4) is 0 Å². The molecule has 0 radical (unpaired) electrons. The molecule has 1 unspecified atom stereocenters. The molecule has 0 saturated carbocycles. The first-order valence-corrected chi connectivity index (χ1v) is 9.40. The molecular weight excluding hydrogens is 296 g/mol. The Balaban J connectivity index is 1.99. The predicted molar refractivity (Wildman–Crippen MR) is 86.3 cm³/mol. The van der Waals surface area contributed by atoms with Gasteiger partial charge in [-0.2, -0.15) is 0 Å². The van der Waals surface area contributed by atoms with E-state index in [1.807, 2.05) is 0 Å². The van der Waals surface area contributed by atoms with E-state index in [-0.39, 0.29) is 16.1 Å². The van der Waals surface area contributed by atoms with E-state index in [2.05, 4.69) is 13.8 Å². The van der Waals surface area contributed by atoms with Crippen molar-refractivity contribution in [1.82, 2.24) is 0 Å². The quantitative estimate of drug-likeness (QED) is 0.781. The molecule has 0 N–H and O–H groups in total. The van der Waals surface area contributed by atoms with Crippen molar-refractivity contribution in [2.45, 2.75) is 56.1 Å². The van der Waals surface area contributed by atoms with Gasteiger partial charge in [0.15, 0.2) is 15.6 Å². The van der Waals surface area contributed by atoms with Crippen LogP contribution in [-0.4, -0.2) is 19.5 Å². The van der Waals surface area contributed by atoms with Crippen molar-refractivity contribution in [3.05, 3.63) is 41.5 Å². The molecular formula is C18H22O3S. The van der Waals surface area contributed by atoms with Crippen LogP contribution in [0.5, 0.6) is 0 Å². The Bertz CT molecular complexity index is 727. The number of hydrogen-bond donors (Lipinski definition) is 0. The van der Waals surface area contributed by atoms with Gasteiger partial charge >= 0.3 is 0 Å². The third kappa shape index (κ3) is 2.54. The summed E-state index contributed by atoms with van der Waals surface area (Å²) in [6.45, 7) is 4.33. The fourth-order valence-electron chi connectivity index (χ4n) is 3.80. The van der Waals surface area contributed by atoms with Crippen LogP contribution in [0.15, 0.2) is 46.4 Å². The summed E-state index contributed by atoms with van der Waals surface area (Å²) in [6, 6.07) is 8.35. The van der Waals surface area contributed by atoms with Gasteiger partial charge in [0.1, 0.15) is 5.25 Å². The largest absolute Gasteiger partial charge is 0.298 e. The fraction of sp³-hybridized carbons (Fsp3) is 0.500. The van der Waals surface area contributed by atoms with Crippen LogP contribution in [0.4, 0.5) is 0 Å². The number of benzene rings is 1. The van der Waals surface area contributed by atoms with Gasteiger partial charge in [0.25, 0.3) is 0 Å². The Labute approximate surface area is 132 Å². The third-order valence-electron chi connectivity index (χ3n) is 5.11. The van der Waals surface area contributed by atoms with Crippen LogP contribution < -0.4 is 0 Å². The molecule has 22 heavy (non-hydrogen) atoms. The number of Topliss-reactive ketones (excluding diaryl/α,β-unsaturated/α-hetero) is 1. The van der Waals surface area contributed by atoms with E-state index >= 15 is 0 Å². The van der Waals surface area contributed by atoms with Gasteiger partial charge in [0.05, 0.1) is 4.90 Å². The average Bonchev–Trinajstić information content (AvgIpc) is 2.48. The zero-order chi connectivity index (χ0) is 16.0. The highest BCUT2D eigenvalue weighted by atomic mass is 32.2. The molecule has 2 aliphatic rings. The standard InChI is InChI=1S/C18H22O3S/c1-18(2)10-6-7-13-11-17(16(19)12-15(13)18)22(20,21)14-8-4-3-5-9-14/h3-5,8-9,17H,6-7,10-12H2,1-2H3. The van der Waals surface area contributed by atoms with Gasteiger partial charge in [-0.25, -0.2) is 8.42 Å². The van der Waals surface area contributed by atoms with Crippen molar-refractivity contribution in [3.63, 3.8) is 0 Å². The smallest absolute Gasteiger partial charge is 0.188 e. The highest BCUT2D eigenvalue weighted by molar-refractivity contribution is 7.92. The highest BCUT2D eigenvalue weighted by Gasteiger charge is 2.42. The summed E-state index contributed by atoms with van der Waals surface area (Å²) in [7, 11) is -3.58. The SMILES string of the molecule is CC1(C)CCCC2=C1CC(=O)C(S(=O)(=O)c1ccccc1)C2. The van der Waals surface area contributed by atoms with Crippen molar-refractivity contribution < 1.29 is 13.2 Å². The van der Waals surface area contributed by atoms with Crippen molar-refractivity contribution >= 4 is 15.6 Å². The number of rotatable bonds is 2. The lowest BCUT2D eigenvalue weighted by atomic mass is 9.67. The topological polar surface area (TPSA) is 51.2 Å². The van der Waals surface area contributed by atoms with Crippen LogP contribution in [0.2, 0.25) is 0 Å². The summed E-state index contributed by atoms with van der Waals surface area (Å²) in [6.07, 6.45) is 3.79. The van der Waals surface area contributed by atoms with Gasteiger partial charge in [-0.1, -0.05) is 43.2 Å². The first kappa shape index (κ1) is 15.5. The number of allylic oxidation sites excluding steroid dienone is 2. The third-order valence-corrected chi connectivity index (χ3v) is 7.22. The van der Waals surface area contributed by atoms with Gasteiger partial charge in [-0.3, -0.25) is 4.79 Å². The molecule has 1 aromatic carbocycles. The lowest BCUT2D eigenvalue weighted by molar-refractivity contribution is -0.118. The molecule has 0 aromatic heterocycles. The molecule has 3 nitrogen and oxygen atoms in total. The summed E-state index contributed by atoms with van der Waals surface area (Å²) in [5.41, 5.74) is 2.44. The number of carbonyl (C=O) groups is 1. The Morgan fingerprint density at radius 1 is 1.14 bits per heavy atom. The second kappa shape index (κ2) is 5.34. The van der Waals surface area contributed by atoms with Gasteiger partial charge < -0.3 is 0 Å². The molecule has 1 atom stereocenters. The van der Waals surface area contributed by atoms with Crippen molar-refractivity contribution in [2.75, 3.05) is 0 Å². The second-order valence-electron chi connectivity index (χ2n) is 7.01. The van der Waals surface area contributed by atoms with Crippen LogP contribution in [0.1, 0.15) is 46.0 Å². The monoisotopic (exact) mass is 318 g/mol. The van der Waals surface area contributed by atoms with E-state index < -0.39 is 15.1 Å². The summed E-state index contributed by atoms with van der Waals surface area (Å²) in [5, 5.41) is -0.900. The number of carbonyl (C=O) groups excluding carboxylic acids is 1. The Kier molecular flexibility index (Phi) is 3.76. The van der Waals surface area contributed by atoms with Crippen molar-refractivity contribution in [1.29, 1.82) is 0 Å². The zero-order valence-corrected chi connectivity index (χ0v) is 13.9. The van der Waals surface area contributed by atoms with Gasteiger partial charge in [-0.05, 0) is 43.2 Å². The number of hydrogen-bond acceptors (Lipinski definition) is 3. The number of sulfone groups is 1. The maximum atomic E-state index is 12.8. The predicted octanol–water partition coefficient (Wildman–Crippen LogP) is 3.70. The molecule has 0 fully saturated rings. The minimum Gasteiger partial charge on any atom is -0.298 e. The molecule has 0 saturated heterocycles. The molecule has 1 aromatic rings.